The van der Waals surface area contributed by atoms with Crippen molar-refractivity contribution in [2.24, 2.45) is 10.7 Å². The molecule has 1 aromatic rings. The van der Waals surface area contributed by atoms with E-state index in [2.05, 4.69) is 22.3 Å². The zero-order valence-corrected chi connectivity index (χ0v) is 13.0. The van der Waals surface area contributed by atoms with Gasteiger partial charge in [0, 0.05) is 30.8 Å². The smallest absolute Gasteiger partial charge is 0.193 e. The number of aliphatic imine (C=N–C) groups is 1. The highest BCUT2D eigenvalue weighted by Gasteiger charge is 2.25. The van der Waals surface area contributed by atoms with Gasteiger partial charge in [0.15, 0.2) is 17.5 Å². The Morgan fingerprint density at radius 1 is 1.32 bits per heavy atom. The van der Waals surface area contributed by atoms with Crippen molar-refractivity contribution in [3.63, 3.8) is 0 Å². The van der Waals surface area contributed by atoms with Gasteiger partial charge in [-0.25, -0.2) is 0 Å². The monoisotopic (exact) mass is 304 g/mol. The van der Waals surface area contributed by atoms with Crippen LogP contribution in [-0.4, -0.2) is 50.3 Å². The van der Waals surface area contributed by atoms with Crippen molar-refractivity contribution in [2.75, 3.05) is 38.7 Å². The molecule has 22 heavy (non-hydrogen) atoms. The second kappa shape index (κ2) is 6.87. The second-order valence-electron chi connectivity index (χ2n) is 5.82. The fourth-order valence-electron chi connectivity index (χ4n) is 2.45. The van der Waals surface area contributed by atoms with Crippen LogP contribution in [0.15, 0.2) is 23.2 Å². The topological polar surface area (TPSA) is 72.1 Å². The van der Waals surface area contributed by atoms with Crippen LogP contribution in [-0.2, 0) is 0 Å². The van der Waals surface area contributed by atoms with Gasteiger partial charge in [-0.3, -0.25) is 4.99 Å². The third-order valence-corrected chi connectivity index (χ3v) is 3.93. The van der Waals surface area contributed by atoms with Crippen molar-refractivity contribution in [3.8, 4) is 11.5 Å². The number of hydrogen-bond acceptors (Lipinski definition) is 4. The van der Waals surface area contributed by atoms with Crippen LogP contribution in [0.4, 0.5) is 5.69 Å². The largest absolute Gasteiger partial charge is 0.490 e. The Labute approximate surface area is 131 Å². The van der Waals surface area contributed by atoms with Gasteiger partial charge in [-0.15, -0.1) is 0 Å². The molecule has 1 aromatic carbocycles. The van der Waals surface area contributed by atoms with E-state index in [-0.39, 0.29) is 0 Å². The van der Waals surface area contributed by atoms with Gasteiger partial charge < -0.3 is 25.4 Å². The summed E-state index contributed by atoms with van der Waals surface area (Å²) < 4.78 is 11.3. The van der Waals surface area contributed by atoms with Crippen molar-refractivity contribution in [3.05, 3.63) is 18.2 Å². The fourth-order valence-corrected chi connectivity index (χ4v) is 2.45. The van der Waals surface area contributed by atoms with Crippen LogP contribution < -0.4 is 20.5 Å². The summed E-state index contributed by atoms with van der Waals surface area (Å²) in [6.45, 7) is 3.01. The first-order chi connectivity index (χ1) is 10.7. The van der Waals surface area contributed by atoms with E-state index in [1.807, 2.05) is 18.2 Å². The molecule has 0 spiro atoms. The van der Waals surface area contributed by atoms with Crippen LogP contribution >= 0.6 is 0 Å². The zero-order chi connectivity index (χ0) is 15.4. The molecule has 6 heteroatoms. The summed E-state index contributed by atoms with van der Waals surface area (Å²) in [4.78, 5) is 6.71. The highest BCUT2D eigenvalue weighted by molar-refractivity contribution is 5.92. The molecule has 0 radical (unpaired) electrons. The van der Waals surface area contributed by atoms with Crippen molar-refractivity contribution in [1.29, 1.82) is 0 Å². The van der Waals surface area contributed by atoms with E-state index in [0.717, 1.165) is 36.2 Å². The van der Waals surface area contributed by atoms with Crippen molar-refractivity contribution < 1.29 is 9.47 Å². The number of nitrogens with zero attached hydrogens (tertiary/aromatic N) is 2. The quantitative estimate of drug-likeness (QED) is 0.639. The maximum Gasteiger partial charge on any atom is 0.193 e. The van der Waals surface area contributed by atoms with Crippen molar-refractivity contribution in [1.82, 2.24) is 4.90 Å². The standard InChI is InChI=1S/C16H24N4O2/c1-20(13-4-5-13)8-7-18-16(17)19-12-3-6-14-15(11-12)22-10-2-9-21-14/h3,6,11,13H,2,4-5,7-10H2,1H3,(H3,17,18,19). The van der Waals surface area contributed by atoms with Gasteiger partial charge in [0.2, 0.25) is 0 Å². The number of nitrogens with one attached hydrogen (secondary N) is 1. The number of rotatable bonds is 5. The highest BCUT2D eigenvalue weighted by Crippen LogP contribution is 2.32. The predicted octanol–water partition coefficient (Wildman–Crippen LogP) is 1.67. The van der Waals surface area contributed by atoms with Gasteiger partial charge in [0.1, 0.15) is 0 Å². The number of likely N-dealkylation sites (N-methyl/N-ethyl adjacent to an activating group) is 1. The molecule has 1 aliphatic carbocycles. The molecule has 120 valence electrons. The van der Waals surface area contributed by atoms with Crippen LogP contribution in [0.5, 0.6) is 11.5 Å². The van der Waals surface area contributed by atoms with E-state index in [1.54, 1.807) is 0 Å². The Bertz CT molecular complexity index is 543. The van der Waals surface area contributed by atoms with E-state index in [0.29, 0.717) is 25.7 Å². The number of fused-ring (bicyclic) bond motifs is 1. The molecule has 6 nitrogen and oxygen atoms in total. The lowest BCUT2D eigenvalue weighted by Gasteiger charge is -2.14. The zero-order valence-electron chi connectivity index (χ0n) is 13.0. The molecule has 0 aromatic heterocycles. The van der Waals surface area contributed by atoms with Crippen LogP contribution in [0.2, 0.25) is 0 Å². The van der Waals surface area contributed by atoms with E-state index >= 15 is 0 Å². The Morgan fingerprint density at radius 3 is 2.86 bits per heavy atom. The van der Waals surface area contributed by atoms with Crippen molar-refractivity contribution >= 4 is 11.6 Å². The van der Waals surface area contributed by atoms with Crippen molar-refractivity contribution in [2.45, 2.75) is 25.3 Å². The summed E-state index contributed by atoms with van der Waals surface area (Å²) in [5.41, 5.74) is 6.80. The number of guanidine groups is 1. The number of anilines is 1. The number of benzene rings is 1. The fraction of sp³-hybridized carbons (Fsp3) is 0.562. The predicted molar refractivity (Wildman–Crippen MR) is 87.8 cm³/mol. The number of ether oxygens (including phenoxy) is 2. The lowest BCUT2D eigenvalue weighted by molar-refractivity contribution is 0.297. The third kappa shape index (κ3) is 4.04. The summed E-state index contributed by atoms with van der Waals surface area (Å²) in [6, 6.07) is 6.48. The van der Waals surface area contributed by atoms with Gasteiger partial charge in [0.25, 0.3) is 0 Å². The normalized spacial score (nSPS) is 18.2. The van der Waals surface area contributed by atoms with Gasteiger partial charge >= 0.3 is 0 Å². The molecule has 3 N–H and O–H groups in total. The highest BCUT2D eigenvalue weighted by atomic mass is 16.5. The molecule has 0 unspecified atom stereocenters. The molecule has 0 bridgehead atoms. The van der Waals surface area contributed by atoms with E-state index in [1.165, 1.54) is 12.8 Å². The first kappa shape index (κ1) is 15.0. The average Bonchev–Trinajstić information content (AvgIpc) is 3.34. The minimum Gasteiger partial charge on any atom is -0.490 e. The molecule has 1 aliphatic heterocycles. The Kier molecular flexibility index (Phi) is 4.68. The Balaban J connectivity index is 1.54. The maximum absolute atomic E-state index is 5.94. The van der Waals surface area contributed by atoms with Gasteiger partial charge in [-0.2, -0.15) is 0 Å². The van der Waals surface area contributed by atoms with E-state index in [4.69, 9.17) is 15.2 Å². The third-order valence-electron chi connectivity index (χ3n) is 3.93. The summed E-state index contributed by atoms with van der Waals surface area (Å²) in [5, 5.41) is 3.10. The van der Waals surface area contributed by atoms with Crippen LogP contribution in [0.1, 0.15) is 19.3 Å². The summed E-state index contributed by atoms with van der Waals surface area (Å²) >= 11 is 0. The number of hydrogen-bond donors (Lipinski definition) is 2. The molecule has 1 fully saturated rings. The van der Waals surface area contributed by atoms with Crippen LogP contribution in [0.25, 0.3) is 0 Å². The molecule has 0 saturated heterocycles. The summed E-state index contributed by atoms with van der Waals surface area (Å²) in [7, 11) is 2.14. The molecule has 1 heterocycles. The molecular weight excluding hydrogens is 280 g/mol. The summed E-state index contributed by atoms with van der Waals surface area (Å²) in [6.07, 6.45) is 3.52. The Morgan fingerprint density at radius 2 is 2.09 bits per heavy atom. The minimum absolute atomic E-state index is 0.429. The van der Waals surface area contributed by atoms with Gasteiger partial charge in [0.05, 0.1) is 19.8 Å². The van der Waals surface area contributed by atoms with E-state index < -0.39 is 0 Å². The molecular formula is C16H24N4O2. The first-order valence-electron chi connectivity index (χ1n) is 7.89. The SMILES string of the molecule is CN(CCN=C(N)Nc1ccc2c(c1)OCCCO2)C1CC1. The Hall–Kier alpha value is -1.95. The second-order valence-corrected chi connectivity index (χ2v) is 5.82. The number of nitrogens with two attached hydrogens (primary N) is 1. The maximum atomic E-state index is 5.94. The molecule has 1 saturated carbocycles. The lowest BCUT2D eigenvalue weighted by atomic mass is 10.3. The molecule has 0 atom stereocenters. The van der Waals surface area contributed by atoms with Gasteiger partial charge in [-0.05, 0) is 32.0 Å². The average molecular weight is 304 g/mol. The summed E-state index contributed by atoms with van der Waals surface area (Å²) in [5.74, 6) is 1.96. The van der Waals surface area contributed by atoms with Gasteiger partial charge in [-0.1, -0.05) is 0 Å². The molecule has 3 rings (SSSR count). The first-order valence-corrected chi connectivity index (χ1v) is 7.89. The van der Waals surface area contributed by atoms with Crippen LogP contribution in [0.3, 0.4) is 0 Å². The van der Waals surface area contributed by atoms with E-state index in [9.17, 15) is 0 Å². The molecule has 0 amide bonds. The molecule has 2 aliphatic rings. The minimum atomic E-state index is 0.429. The lowest BCUT2D eigenvalue weighted by Crippen LogP contribution is -2.27. The van der Waals surface area contributed by atoms with Crippen LogP contribution in [0, 0.1) is 0 Å².